The van der Waals surface area contributed by atoms with Crippen molar-refractivity contribution in [2.24, 2.45) is 0 Å². The van der Waals surface area contributed by atoms with Gasteiger partial charge in [0.2, 0.25) is 5.91 Å². The summed E-state index contributed by atoms with van der Waals surface area (Å²) in [6, 6.07) is 9.22. The minimum atomic E-state index is -4.49. The Bertz CT molecular complexity index is 1300. The number of aliphatic hydroxyl groups is 1. The number of hydrogen-bond donors (Lipinski definition) is 2. The molecule has 0 aromatic heterocycles. The number of fused-ring (bicyclic) bond motifs is 1. The van der Waals surface area contributed by atoms with Gasteiger partial charge in [-0.1, -0.05) is 19.3 Å². The molecule has 2 aromatic rings. The number of nitrogens with one attached hydrogen (secondary N) is 1. The van der Waals surface area contributed by atoms with E-state index < -0.39 is 30.1 Å². The number of ether oxygens (including phenoxy) is 1. The number of nitrogens with zero attached hydrogens (tertiary/aromatic N) is 3. The fourth-order valence-corrected chi connectivity index (χ4v) is 5.62. The maximum absolute atomic E-state index is 12.8. The van der Waals surface area contributed by atoms with Crippen molar-refractivity contribution in [3.05, 3.63) is 58.7 Å². The molecule has 13 heteroatoms. The van der Waals surface area contributed by atoms with Gasteiger partial charge < -0.3 is 20.1 Å². The first kappa shape index (κ1) is 32.4. The van der Waals surface area contributed by atoms with Gasteiger partial charge in [0.25, 0.3) is 0 Å². The van der Waals surface area contributed by atoms with Crippen molar-refractivity contribution in [3.8, 4) is 11.8 Å². The van der Waals surface area contributed by atoms with Gasteiger partial charge in [-0.05, 0) is 54.8 Å². The van der Waals surface area contributed by atoms with Crippen LogP contribution in [0, 0.1) is 11.3 Å². The van der Waals surface area contributed by atoms with E-state index >= 15 is 0 Å². The fraction of sp³-hybridized carbons (Fsp3) is 0.533. The van der Waals surface area contributed by atoms with Crippen molar-refractivity contribution >= 4 is 11.6 Å². The largest absolute Gasteiger partial charge is 0.488 e. The molecule has 7 nitrogen and oxygen atoms in total. The lowest BCUT2D eigenvalue weighted by molar-refractivity contribution is -0.138. The highest BCUT2D eigenvalue weighted by molar-refractivity contribution is 5.77. The topological polar surface area (TPSA) is 88.8 Å². The zero-order valence-electron chi connectivity index (χ0n) is 23.5. The van der Waals surface area contributed by atoms with E-state index in [1.54, 1.807) is 17.0 Å². The highest BCUT2D eigenvalue weighted by Crippen LogP contribution is 2.37. The second-order valence-electron chi connectivity index (χ2n) is 11.0. The lowest BCUT2D eigenvalue weighted by atomic mass is 9.95. The molecule has 1 atom stereocenters. The Kier molecular flexibility index (Phi) is 10.4. The molecular formula is C30H34F6N4O3. The van der Waals surface area contributed by atoms with Gasteiger partial charge in [-0.25, -0.2) is 0 Å². The van der Waals surface area contributed by atoms with E-state index in [1.807, 2.05) is 0 Å². The molecule has 2 aliphatic heterocycles. The van der Waals surface area contributed by atoms with Crippen molar-refractivity contribution in [1.29, 1.82) is 5.26 Å². The van der Waals surface area contributed by atoms with Gasteiger partial charge >= 0.3 is 12.4 Å². The molecule has 43 heavy (non-hydrogen) atoms. The second-order valence-corrected chi connectivity index (χ2v) is 11.0. The van der Waals surface area contributed by atoms with Crippen LogP contribution in [-0.4, -0.2) is 72.3 Å². The van der Waals surface area contributed by atoms with Crippen molar-refractivity contribution in [3.63, 3.8) is 0 Å². The average Bonchev–Trinajstić information content (AvgIpc) is 3.39. The van der Waals surface area contributed by atoms with Crippen molar-refractivity contribution in [2.75, 3.05) is 44.6 Å². The number of carbonyl (C=O) groups excluding carboxylic acids is 1. The standard InChI is InChI=1S/C16H19F3N2O3.C14H15F3N2/c17-16(18,19)12-1-2-14-11(7-12)8-13(24-14)9-20-3-5-21(6-4-20)15(23)10-22;15-14(16,17)13-8-12(7-6-10(13)9-18)19-11-4-2-1-3-5-11/h1-2,7,13,22H,3-6,8-10H2;6-8,11,19H,1-5H2. The number of rotatable bonds is 5. The number of carbonyl (C=O) groups is 1. The summed E-state index contributed by atoms with van der Waals surface area (Å²) in [5, 5.41) is 20.7. The predicted octanol–water partition coefficient (Wildman–Crippen LogP) is 5.47. The first-order valence-corrected chi connectivity index (χ1v) is 14.2. The molecule has 1 unspecified atom stereocenters. The number of alkyl halides is 6. The number of amides is 1. The van der Waals surface area contributed by atoms with Gasteiger partial charge in [0.1, 0.15) is 18.5 Å². The molecule has 1 saturated heterocycles. The molecule has 234 valence electrons. The van der Waals surface area contributed by atoms with Crippen LogP contribution in [-0.2, 0) is 23.6 Å². The van der Waals surface area contributed by atoms with E-state index in [0.29, 0.717) is 56.1 Å². The summed E-state index contributed by atoms with van der Waals surface area (Å²) in [5.74, 6) is 0.237. The van der Waals surface area contributed by atoms with E-state index in [0.717, 1.165) is 43.9 Å². The first-order chi connectivity index (χ1) is 20.4. The van der Waals surface area contributed by atoms with E-state index in [1.165, 1.54) is 18.6 Å². The summed E-state index contributed by atoms with van der Waals surface area (Å²) in [7, 11) is 0. The van der Waals surface area contributed by atoms with E-state index in [4.69, 9.17) is 15.1 Å². The molecule has 2 aromatic carbocycles. The Morgan fingerprint density at radius 3 is 2.28 bits per heavy atom. The van der Waals surface area contributed by atoms with Crippen LogP contribution in [0.5, 0.6) is 5.75 Å². The van der Waals surface area contributed by atoms with Crippen LogP contribution >= 0.6 is 0 Å². The summed E-state index contributed by atoms with van der Waals surface area (Å²) in [6.45, 7) is 2.53. The Morgan fingerprint density at radius 2 is 1.67 bits per heavy atom. The van der Waals surface area contributed by atoms with Gasteiger partial charge in [-0.15, -0.1) is 0 Å². The van der Waals surface area contributed by atoms with Crippen LogP contribution in [0.2, 0.25) is 0 Å². The molecule has 3 aliphatic rings. The molecule has 0 bridgehead atoms. The van der Waals surface area contributed by atoms with Gasteiger partial charge in [-0.3, -0.25) is 9.69 Å². The molecular weight excluding hydrogens is 578 g/mol. The molecule has 2 fully saturated rings. The third-order valence-corrected chi connectivity index (χ3v) is 7.87. The summed E-state index contributed by atoms with van der Waals surface area (Å²) in [5.41, 5.74) is -0.818. The van der Waals surface area contributed by atoms with Crippen LogP contribution in [0.1, 0.15) is 54.4 Å². The number of benzene rings is 2. The molecule has 0 radical (unpaired) electrons. The van der Waals surface area contributed by atoms with Crippen LogP contribution < -0.4 is 10.1 Å². The number of anilines is 1. The normalized spacial score (nSPS) is 19.5. The Labute approximate surface area is 246 Å². The third kappa shape index (κ3) is 8.76. The monoisotopic (exact) mass is 612 g/mol. The number of halogens is 6. The Balaban J connectivity index is 0.000000203. The summed E-state index contributed by atoms with van der Waals surface area (Å²) in [6.07, 6.45) is -3.17. The van der Waals surface area contributed by atoms with E-state index in [9.17, 15) is 31.1 Å². The van der Waals surface area contributed by atoms with Crippen LogP contribution in [0.3, 0.4) is 0 Å². The van der Waals surface area contributed by atoms with Crippen LogP contribution in [0.25, 0.3) is 0 Å². The van der Waals surface area contributed by atoms with E-state index in [2.05, 4.69) is 10.2 Å². The zero-order chi connectivity index (χ0) is 31.2. The van der Waals surface area contributed by atoms with Gasteiger partial charge in [0, 0.05) is 50.9 Å². The SMILES string of the molecule is N#Cc1ccc(NC2CCCCC2)cc1C(F)(F)F.O=C(CO)N1CCN(CC2Cc3cc(C(F)(F)F)ccc3O2)CC1. The van der Waals surface area contributed by atoms with Gasteiger partial charge in [0.05, 0.1) is 22.8 Å². The lowest BCUT2D eigenvalue weighted by Gasteiger charge is -2.35. The van der Waals surface area contributed by atoms with E-state index in [-0.39, 0.29) is 23.6 Å². The van der Waals surface area contributed by atoms with Crippen LogP contribution in [0.15, 0.2) is 36.4 Å². The number of piperazine rings is 1. The molecule has 2 N–H and O–H groups in total. The molecule has 1 amide bonds. The highest BCUT2D eigenvalue weighted by atomic mass is 19.4. The summed E-state index contributed by atoms with van der Waals surface area (Å²) >= 11 is 0. The average molecular weight is 613 g/mol. The molecule has 1 aliphatic carbocycles. The maximum Gasteiger partial charge on any atom is 0.417 e. The first-order valence-electron chi connectivity index (χ1n) is 14.2. The quantitative estimate of drug-likeness (QED) is 0.436. The summed E-state index contributed by atoms with van der Waals surface area (Å²) in [4.78, 5) is 15.2. The predicted molar refractivity (Wildman–Crippen MR) is 146 cm³/mol. The Hall–Kier alpha value is -3.50. The smallest absolute Gasteiger partial charge is 0.417 e. The molecule has 0 spiro atoms. The molecule has 5 rings (SSSR count). The minimum Gasteiger partial charge on any atom is -0.488 e. The van der Waals surface area contributed by atoms with Crippen LogP contribution in [0.4, 0.5) is 32.0 Å². The third-order valence-electron chi connectivity index (χ3n) is 7.87. The minimum absolute atomic E-state index is 0.177. The van der Waals surface area contributed by atoms with Crippen molar-refractivity contribution < 1.29 is 41.0 Å². The maximum atomic E-state index is 12.8. The van der Waals surface area contributed by atoms with Crippen molar-refractivity contribution in [2.45, 2.75) is 63.0 Å². The molecule has 2 heterocycles. The fourth-order valence-electron chi connectivity index (χ4n) is 5.62. The number of aliphatic hydroxyl groups excluding tert-OH is 1. The highest BCUT2D eigenvalue weighted by Gasteiger charge is 2.35. The van der Waals surface area contributed by atoms with Crippen molar-refractivity contribution in [1.82, 2.24) is 9.80 Å². The number of hydrogen-bond acceptors (Lipinski definition) is 6. The lowest BCUT2D eigenvalue weighted by Crippen LogP contribution is -2.51. The van der Waals surface area contributed by atoms with Gasteiger partial charge in [0.15, 0.2) is 0 Å². The Morgan fingerprint density at radius 1 is 0.977 bits per heavy atom. The summed E-state index contributed by atoms with van der Waals surface area (Å²) < 4.78 is 82.5. The second kappa shape index (κ2) is 13.9. The molecule has 1 saturated carbocycles. The zero-order valence-corrected chi connectivity index (χ0v) is 23.5. The number of nitriles is 1. The van der Waals surface area contributed by atoms with Gasteiger partial charge in [-0.2, -0.15) is 31.6 Å².